The molecule has 1 heterocycles. The Morgan fingerprint density at radius 1 is 1.16 bits per heavy atom. The summed E-state index contributed by atoms with van der Waals surface area (Å²) in [6.45, 7) is 0.385. The normalized spacial score (nSPS) is 18.9. The Balaban J connectivity index is 2.25. The molecular formula is C15H17F2NO. The van der Waals surface area contributed by atoms with Crippen molar-refractivity contribution in [1.82, 2.24) is 0 Å². The van der Waals surface area contributed by atoms with E-state index in [0.717, 1.165) is 38.2 Å². The molecule has 0 amide bonds. The molecule has 1 fully saturated rings. The first-order chi connectivity index (χ1) is 9.18. The zero-order valence-corrected chi connectivity index (χ0v) is 10.7. The number of hydrogen-bond donors (Lipinski definition) is 1. The number of nitrogens with two attached hydrogens (primary N) is 1. The standard InChI is InChI=1S/C15H17F2NO/c16-11-8-12(17)14-10(4-7-19-14)13(11)15(9-18)5-2-1-3-6-15/h4,7-8H,1-3,5-6,9,18H2. The summed E-state index contributed by atoms with van der Waals surface area (Å²) in [4.78, 5) is 0. The molecule has 0 spiro atoms. The van der Waals surface area contributed by atoms with Crippen LogP contribution in [0.1, 0.15) is 37.7 Å². The summed E-state index contributed by atoms with van der Waals surface area (Å²) in [6, 6.07) is 2.57. The van der Waals surface area contributed by atoms with Crippen molar-refractivity contribution in [2.75, 3.05) is 6.54 Å². The molecule has 0 unspecified atom stereocenters. The van der Waals surface area contributed by atoms with Crippen molar-refractivity contribution in [2.45, 2.75) is 37.5 Å². The number of rotatable bonds is 2. The van der Waals surface area contributed by atoms with E-state index in [1.54, 1.807) is 6.07 Å². The van der Waals surface area contributed by atoms with Crippen LogP contribution in [0.3, 0.4) is 0 Å². The maximum Gasteiger partial charge on any atom is 0.169 e. The Morgan fingerprint density at radius 2 is 1.89 bits per heavy atom. The molecule has 1 aromatic carbocycles. The Morgan fingerprint density at radius 3 is 2.58 bits per heavy atom. The van der Waals surface area contributed by atoms with Gasteiger partial charge < -0.3 is 10.2 Å². The van der Waals surface area contributed by atoms with Gasteiger partial charge in [0.25, 0.3) is 0 Å². The lowest BCUT2D eigenvalue weighted by Gasteiger charge is -2.37. The van der Waals surface area contributed by atoms with Gasteiger partial charge in [-0.2, -0.15) is 0 Å². The van der Waals surface area contributed by atoms with Gasteiger partial charge in [-0.15, -0.1) is 0 Å². The lowest BCUT2D eigenvalue weighted by atomic mass is 9.68. The monoisotopic (exact) mass is 265 g/mol. The summed E-state index contributed by atoms with van der Waals surface area (Å²) in [7, 11) is 0. The van der Waals surface area contributed by atoms with Gasteiger partial charge in [0, 0.05) is 29.0 Å². The SMILES string of the molecule is NCC1(c2c(F)cc(F)c3occc23)CCCCC1. The topological polar surface area (TPSA) is 39.2 Å². The molecule has 0 saturated heterocycles. The average Bonchev–Trinajstić information content (AvgIpc) is 2.89. The number of benzene rings is 1. The molecule has 2 aromatic rings. The van der Waals surface area contributed by atoms with Gasteiger partial charge in [-0.25, -0.2) is 8.78 Å². The molecule has 1 saturated carbocycles. The first-order valence-corrected chi connectivity index (χ1v) is 6.74. The van der Waals surface area contributed by atoms with Gasteiger partial charge in [-0.3, -0.25) is 0 Å². The second-order valence-corrected chi connectivity index (χ2v) is 5.42. The second kappa shape index (κ2) is 4.60. The Hall–Kier alpha value is -1.42. The molecule has 1 aliphatic carbocycles. The largest absolute Gasteiger partial charge is 0.461 e. The highest BCUT2D eigenvalue weighted by molar-refractivity contribution is 5.83. The van der Waals surface area contributed by atoms with Crippen molar-refractivity contribution < 1.29 is 13.2 Å². The molecule has 1 aromatic heterocycles. The van der Waals surface area contributed by atoms with E-state index in [9.17, 15) is 8.78 Å². The van der Waals surface area contributed by atoms with Crippen molar-refractivity contribution in [3.63, 3.8) is 0 Å². The fraction of sp³-hybridized carbons (Fsp3) is 0.467. The van der Waals surface area contributed by atoms with Gasteiger partial charge in [0.05, 0.1) is 6.26 Å². The van der Waals surface area contributed by atoms with Crippen LogP contribution in [0.4, 0.5) is 8.78 Å². The molecule has 2 N–H and O–H groups in total. The van der Waals surface area contributed by atoms with Crippen LogP contribution in [0.15, 0.2) is 22.8 Å². The van der Waals surface area contributed by atoms with E-state index in [1.807, 2.05) is 0 Å². The third kappa shape index (κ3) is 1.86. The van der Waals surface area contributed by atoms with Crippen LogP contribution in [0, 0.1) is 11.6 Å². The first kappa shape index (κ1) is 12.6. The average molecular weight is 265 g/mol. The van der Waals surface area contributed by atoms with Crippen LogP contribution >= 0.6 is 0 Å². The molecule has 19 heavy (non-hydrogen) atoms. The molecule has 0 radical (unpaired) electrons. The van der Waals surface area contributed by atoms with E-state index in [-0.39, 0.29) is 11.0 Å². The summed E-state index contributed by atoms with van der Waals surface area (Å²) >= 11 is 0. The van der Waals surface area contributed by atoms with Crippen molar-refractivity contribution in [3.8, 4) is 0 Å². The first-order valence-electron chi connectivity index (χ1n) is 6.74. The van der Waals surface area contributed by atoms with Crippen molar-refractivity contribution in [2.24, 2.45) is 5.73 Å². The van der Waals surface area contributed by atoms with Crippen LogP contribution in [-0.2, 0) is 5.41 Å². The molecule has 102 valence electrons. The van der Waals surface area contributed by atoms with Crippen molar-refractivity contribution in [3.05, 3.63) is 35.6 Å². The lowest BCUT2D eigenvalue weighted by Crippen LogP contribution is -2.38. The third-order valence-electron chi connectivity index (χ3n) is 4.38. The highest BCUT2D eigenvalue weighted by Crippen LogP contribution is 2.43. The number of halogens is 2. The van der Waals surface area contributed by atoms with Crippen molar-refractivity contribution >= 4 is 11.0 Å². The van der Waals surface area contributed by atoms with E-state index < -0.39 is 11.6 Å². The number of furan rings is 1. The highest BCUT2D eigenvalue weighted by Gasteiger charge is 2.37. The molecule has 4 heteroatoms. The van der Waals surface area contributed by atoms with Gasteiger partial charge in [-0.05, 0) is 18.9 Å². The molecule has 3 rings (SSSR count). The Labute approximate surface area is 110 Å². The van der Waals surface area contributed by atoms with Crippen LogP contribution in [0.2, 0.25) is 0 Å². The minimum atomic E-state index is -0.649. The molecule has 0 atom stereocenters. The predicted molar refractivity (Wildman–Crippen MR) is 69.9 cm³/mol. The maximum absolute atomic E-state index is 14.3. The second-order valence-electron chi connectivity index (χ2n) is 5.42. The zero-order valence-electron chi connectivity index (χ0n) is 10.7. The summed E-state index contributed by atoms with van der Waals surface area (Å²) in [6.07, 6.45) is 6.34. The Kier molecular flexibility index (Phi) is 3.05. The summed E-state index contributed by atoms with van der Waals surface area (Å²) in [5.74, 6) is -1.15. The van der Waals surface area contributed by atoms with E-state index >= 15 is 0 Å². The molecule has 0 bridgehead atoms. The van der Waals surface area contributed by atoms with Gasteiger partial charge in [-0.1, -0.05) is 19.3 Å². The summed E-state index contributed by atoms with van der Waals surface area (Å²) in [5.41, 5.74) is 6.24. The fourth-order valence-corrected chi connectivity index (χ4v) is 3.39. The van der Waals surface area contributed by atoms with E-state index in [1.165, 1.54) is 6.26 Å². The van der Waals surface area contributed by atoms with E-state index in [0.29, 0.717) is 17.5 Å². The summed E-state index contributed by atoms with van der Waals surface area (Å²) < 4.78 is 33.2. The van der Waals surface area contributed by atoms with E-state index in [4.69, 9.17) is 10.2 Å². The van der Waals surface area contributed by atoms with Crippen LogP contribution in [-0.4, -0.2) is 6.54 Å². The van der Waals surface area contributed by atoms with Crippen molar-refractivity contribution in [1.29, 1.82) is 0 Å². The summed E-state index contributed by atoms with van der Waals surface area (Å²) in [5, 5.41) is 0.532. The van der Waals surface area contributed by atoms with Crippen LogP contribution in [0.5, 0.6) is 0 Å². The molecule has 0 aliphatic heterocycles. The van der Waals surface area contributed by atoms with Gasteiger partial charge in [0.2, 0.25) is 0 Å². The number of fused-ring (bicyclic) bond motifs is 1. The Bertz CT molecular complexity index is 599. The van der Waals surface area contributed by atoms with Gasteiger partial charge in [0.1, 0.15) is 5.82 Å². The quantitative estimate of drug-likeness (QED) is 0.895. The van der Waals surface area contributed by atoms with Crippen LogP contribution in [0.25, 0.3) is 11.0 Å². The predicted octanol–water partition coefficient (Wildman–Crippen LogP) is 3.87. The van der Waals surface area contributed by atoms with E-state index in [2.05, 4.69) is 0 Å². The maximum atomic E-state index is 14.3. The minimum Gasteiger partial charge on any atom is -0.461 e. The third-order valence-corrected chi connectivity index (χ3v) is 4.38. The molecular weight excluding hydrogens is 248 g/mol. The van der Waals surface area contributed by atoms with Crippen LogP contribution < -0.4 is 5.73 Å². The zero-order chi connectivity index (χ0) is 13.5. The smallest absolute Gasteiger partial charge is 0.169 e. The highest BCUT2D eigenvalue weighted by atomic mass is 19.1. The number of hydrogen-bond acceptors (Lipinski definition) is 2. The van der Waals surface area contributed by atoms with Gasteiger partial charge in [0.15, 0.2) is 11.4 Å². The molecule has 2 nitrogen and oxygen atoms in total. The molecule has 1 aliphatic rings. The fourth-order valence-electron chi connectivity index (χ4n) is 3.39. The lowest BCUT2D eigenvalue weighted by molar-refractivity contribution is 0.293. The minimum absolute atomic E-state index is 0.134. The van der Waals surface area contributed by atoms with Gasteiger partial charge >= 0.3 is 0 Å².